The standard InChI is InChI=1S/C16H24N2O2/c1-20-11-13-7-3-5-9-15(13)18-16(19)10-12-6-2-4-8-14(12)17/h3,5,7,9,12,14H,2,4,6,8,10-11,17H2,1H3,(H,18,19). The molecule has 4 heteroatoms. The summed E-state index contributed by atoms with van der Waals surface area (Å²) in [6.07, 6.45) is 5.00. The summed E-state index contributed by atoms with van der Waals surface area (Å²) in [7, 11) is 1.65. The Balaban J connectivity index is 1.94. The number of amides is 1. The smallest absolute Gasteiger partial charge is 0.224 e. The second-order valence-corrected chi connectivity index (χ2v) is 5.55. The zero-order valence-corrected chi connectivity index (χ0v) is 12.1. The van der Waals surface area contributed by atoms with E-state index in [1.54, 1.807) is 7.11 Å². The minimum atomic E-state index is 0.0518. The summed E-state index contributed by atoms with van der Waals surface area (Å²) in [5.41, 5.74) is 7.93. The summed E-state index contributed by atoms with van der Waals surface area (Å²) in [6.45, 7) is 0.499. The molecule has 110 valence electrons. The fourth-order valence-corrected chi connectivity index (χ4v) is 2.85. The molecule has 2 rings (SSSR count). The van der Waals surface area contributed by atoms with Crippen LogP contribution in [0.2, 0.25) is 0 Å². The zero-order valence-electron chi connectivity index (χ0n) is 12.1. The minimum absolute atomic E-state index is 0.0518. The number of nitrogens with two attached hydrogens (primary N) is 1. The second kappa shape index (κ2) is 7.41. The van der Waals surface area contributed by atoms with E-state index in [-0.39, 0.29) is 11.9 Å². The summed E-state index contributed by atoms with van der Waals surface area (Å²) < 4.78 is 5.15. The van der Waals surface area contributed by atoms with Crippen molar-refractivity contribution in [2.75, 3.05) is 12.4 Å². The lowest BCUT2D eigenvalue weighted by Crippen LogP contribution is -2.35. The number of nitrogens with one attached hydrogen (secondary N) is 1. The van der Waals surface area contributed by atoms with Crippen LogP contribution in [0.5, 0.6) is 0 Å². The largest absolute Gasteiger partial charge is 0.380 e. The molecule has 0 heterocycles. The van der Waals surface area contributed by atoms with Crippen LogP contribution in [0.25, 0.3) is 0 Å². The maximum Gasteiger partial charge on any atom is 0.224 e. The van der Waals surface area contributed by atoms with Crippen molar-refractivity contribution in [2.45, 2.75) is 44.8 Å². The highest BCUT2D eigenvalue weighted by Gasteiger charge is 2.24. The zero-order chi connectivity index (χ0) is 14.4. The van der Waals surface area contributed by atoms with Crippen molar-refractivity contribution in [1.82, 2.24) is 0 Å². The molecule has 0 bridgehead atoms. The number of benzene rings is 1. The van der Waals surface area contributed by atoms with E-state index in [9.17, 15) is 4.79 Å². The molecule has 0 spiro atoms. The summed E-state index contributed by atoms with van der Waals surface area (Å²) in [5, 5.41) is 2.99. The Hall–Kier alpha value is -1.39. The first-order valence-corrected chi connectivity index (χ1v) is 7.33. The maximum absolute atomic E-state index is 12.2. The molecule has 1 amide bonds. The van der Waals surface area contributed by atoms with E-state index in [0.717, 1.165) is 24.1 Å². The van der Waals surface area contributed by atoms with Gasteiger partial charge in [0.05, 0.1) is 6.61 Å². The van der Waals surface area contributed by atoms with Gasteiger partial charge in [-0.25, -0.2) is 0 Å². The fraction of sp³-hybridized carbons (Fsp3) is 0.562. The van der Waals surface area contributed by atoms with Crippen molar-refractivity contribution < 1.29 is 9.53 Å². The number of para-hydroxylation sites is 1. The lowest BCUT2D eigenvalue weighted by Gasteiger charge is -2.28. The molecule has 2 atom stereocenters. The molecule has 1 saturated carbocycles. The van der Waals surface area contributed by atoms with Gasteiger partial charge >= 0.3 is 0 Å². The van der Waals surface area contributed by atoms with Gasteiger partial charge < -0.3 is 15.8 Å². The summed E-state index contributed by atoms with van der Waals surface area (Å²) in [6, 6.07) is 7.91. The third kappa shape index (κ3) is 4.05. The average Bonchev–Trinajstić information content (AvgIpc) is 2.44. The molecule has 1 aromatic carbocycles. The Morgan fingerprint density at radius 1 is 1.35 bits per heavy atom. The van der Waals surface area contributed by atoms with E-state index < -0.39 is 0 Å². The second-order valence-electron chi connectivity index (χ2n) is 5.55. The van der Waals surface area contributed by atoms with E-state index >= 15 is 0 Å². The molecule has 0 aromatic heterocycles. The van der Waals surface area contributed by atoms with Gasteiger partial charge in [0.15, 0.2) is 0 Å². The van der Waals surface area contributed by atoms with E-state index in [0.29, 0.717) is 18.9 Å². The molecule has 1 aliphatic rings. The van der Waals surface area contributed by atoms with E-state index in [1.165, 1.54) is 12.8 Å². The van der Waals surface area contributed by atoms with Gasteiger partial charge in [-0.15, -0.1) is 0 Å². The molecule has 0 aliphatic heterocycles. The maximum atomic E-state index is 12.2. The molecule has 1 aliphatic carbocycles. The van der Waals surface area contributed by atoms with Crippen LogP contribution < -0.4 is 11.1 Å². The molecule has 1 aromatic rings. The van der Waals surface area contributed by atoms with Crippen LogP contribution >= 0.6 is 0 Å². The minimum Gasteiger partial charge on any atom is -0.380 e. The van der Waals surface area contributed by atoms with Gasteiger partial charge in [-0.3, -0.25) is 4.79 Å². The fourth-order valence-electron chi connectivity index (χ4n) is 2.85. The first-order chi connectivity index (χ1) is 9.70. The Kier molecular flexibility index (Phi) is 5.56. The van der Waals surface area contributed by atoms with Crippen LogP contribution in [0.4, 0.5) is 5.69 Å². The summed E-state index contributed by atoms with van der Waals surface area (Å²) in [4.78, 5) is 12.2. The van der Waals surface area contributed by atoms with E-state index in [2.05, 4.69) is 5.32 Å². The third-order valence-corrected chi connectivity index (χ3v) is 4.01. The third-order valence-electron chi connectivity index (χ3n) is 4.01. The van der Waals surface area contributed by atoms with Gasteiger partial charge in [-0.1, -0.05) is 31.0 Å². The number of anilines is 1. The molecular weight excluding hydrogens is 252 g/mol. The number of hydrogen-bond acceptors (Lipinski definition) is 3. The Morgan fingerprint density at radius 3 is 2.85 bits per heavy atom. The normalized spacial score (nSPS) is 22.5. The highest BCUT2D eigenvalue weighted by molar-refractivity contribution is 5.91. The highest BCUT2D eigenvalue weighted by Crippen LogP contribution is 2.26. The number of ether oxygens (including phenoxy) is 1. The number of methoxy groups -OCH3 is 1. The van der Waals surface area contributed by atoms with Gasteiger partial charge in [-0.05, 0) is 24.8 Å². The predicted octanol–water partition coefficient (Wildman–Crippen LogP) is 2.68. The molecule has 2 unspecified atom stereocenters. The van der Waals surface area contributed by atoms with Crippen molar-refractivity contribution in [2.24, 2.45) is 11.7 Å². The lowest BCUT2D eigenvalue weighted by atomic mass is 9.83. The number of hydrogen-bond donors (Lipinski definition) is 2. The van der Waals surface area contributed by atoms with Crippen LogP contribution in [0.15, 0.2) is 24.3 Å². The van der Waals surface area contributed by atoms with Crippen LogP contribution in [0, 0.1) is 5.92 Å². The highest BCUT2D eigenvalue weighted by atomic mass is 16.5. The van der Waals surface area contributed by atoms with Crippen LogP contribution in [0.1, 0.15) is 37.7 Å². The average molecular weight is 276 g/mol. The van der Waals surface area contributed by atoms with Crippen molar-refractivity contribution in [1.29, 1.82) is 0 Å². The first-order valence-electron chi connectivity index (χ1n) is 7.33. The predicted molar refractivity (Wildman–Crippen MR) is 80.3 cm³/mol. The molecule has 20 heavy (non-hydrogen) atoms. The summed E-state index contributed by atoms with van der Waals surface area (Å²) in [5.74, 6) is 0.370. The molecular formula is C16H24N2O2. The van der Waals surface area contributed by atoms with Gasteiger partial charge in [-0.2, -0.15) is 0 Å². The van der Waals surface area contributed by atoms with Gasteiger partial charge in [0.1, 0.15) is 0 Å². The number of carbonyl (C=O) groups is 1. The first kappa shape index (κ1) is 15.0. The molecule has 0 radical (unpaired) electrons. The van der Waals surface area contributed by atoms with E-state index in [4.69, 9.17) is 10.5 Å². The van der Waals surface area contributed by atoms with Crippen LogP contribution in [-0.4, -0.2) is 19.1 Å². The van der Waals surface area contributed by atoms with Crippen molar-refractivity contribution in [3.63, 3.8) is 0 Å². The molecule has 4 nitrogen and oxygen atoms in total. The monoisotopic (exact) mass is 276 g/mol. The lowest BCUT2D eigenvalue weighted by molar-refractivity contribution is -0.117. The summed E-state index contributed by atoms with van der Waals surface area (Å²) >= 11 is 0. The van der Waals surface area contributed by atoms with Crippen molar-refractivity contribution in [3.8, 4) is 0 Å². The number of rotatable bonds is 5. The Bertz CT molecular complexity index is 448. The van der Waals surface area contributed by atoms with E-state index in [1.807, 2.05) is 24.3 Å². The van der Waals surface area contributed by atoms with Crippen LogP contribution in [-0.2, 0) is 16.1 Å². The van der Waals surface area contributed by atoms with Gasteiger partial charge in [0.25, 0.3) is 0 Å². The molecule has 0 saturated heterocycles. The van der Waals surface area contributed by atoms with Gasteiger partial charge in [0.2, 0.25) is 5.91 Å². The topological polar surface area (TPSA) is 64.3 Å². The molecule has 3 N–H and O–H groups in total. The SMILES string of the molecule is COCc1ccccc1NC(=O)CC1CCCCC1N. The van der Waals surface area contributed by atoms with Gasteiger partial charge in [0, 0.05) is 30.8 Å². The Morgan fingerprint density at radius 2 is 2.10 bits per heavy atom. The van der Waals surface area contributed by atoms with Crippen molar-refractivity contribution in [3.05, 3.63) is 29.8 Å². The van der Waals surface area contributed by atoms with Crippen LogP contribution in [0.3, 0.4) is 0 Å². The number of carbonyl (C=O) groups excluding carboxylic acids is 1. The molecule has 1 fully saturated rings. The Labute approximate surface area is 120 Å². The quantitative estimate of drug-likeness (QED) is 0.869. The van der Waals surface area contributed by atoms with Crippen molar-refractivity contribution >= 4 is 11.6 Å².